The maximum absolute atomic E-state index is 11.7. The van der Waals surface area contributed by atoms with Gasteiger partial charge in [-0.25, -0.2) is 8.42 Å². The largest absolute Gasteiger partial charge is 0.495 e. The highest BCUT2D eigenvalue weighted by molar-refractivity contribution is 7.92. The Morgan fingerprint density at radius 3 is 2.63 bits per heavy atom. The minimum atomic E-state index is -3.09. The smallest absolute Gasteiger partial charge is 0.154 e. The minimum Gasteiger partial charge on any atom is -0.495 e. The molecule has 0 bridgehead atoms. The van der Waals surface area contributed by atoms with E-state index in [4.69, 9.17) is 10.00 Å². The number of hydrogen-bond acceptors (Lipinski definition) is 5. The molecule has 0 saturated carbocycles. The zero-order valence-electron chi connectivity index (χ0n) is 11.3. The third-order valence-corrected chi connectivity index (χ3v) is 4.98. The molecule has 0 aliphatic heterocycles. The second-order valence-electron chi connectivity index (χ2n) is 4.34. The summed E-state index contributed by atoms with van der Waals surface area (Å²) in [6.07, 6.45) is 0. The second kappa shape index (κ2) is 6.43. The zero-order chi connectivity index (χ0) is 14.5. The van der Waals surface area contributed by atoms with Crippen LogP contribution in [0, 0.1) is 11.3 Å². The van der Waals surface area contributed by atoms with Crippen molar-refractivity contribution in [1.29, 1.82) is 5.26 Å². The number of para-hydroxylation sites is 1. The predicted octanol–water partition coefficient (Wildman–Crippen LogP) is 1.80. The highest BCUT2D eigenvalue weighted by Gasteiger charge is 2.16. The monoisotopic (exact) mass is 282 g/mol. The van der Waals surface area contributed by atoms with Crippen LogP contribution in [0.5, 0.6) is 5.75 Å². The zero-order valence-corrected chi connectivity index (χ0v) is 12.1. The molecule has 19 heavy (non-hydrogen) atoms. The molecule has 0 aromatic heterocycles. The SMILES string of the molecule is COc1cccc(C#N)c1NCCS(=O)(=O)C(C)C. The lowest BCUT2D eigenvalue weighted by Gasteiger charge is -2.13. The lowest BCUT2D eigenvalue weighted by molar-refractivity contribution is 0.416. The molecule has 1 rings (SSSR count). The topological polar surface area (TPSA) is 79.2 Å². The third-order valence-electron chi connectivity index (χ3n) is 2.77. The summed E-state index contributed by atoms with van der Waals surface area (Å²) in [6, 6.07) is 7.14. The number of anilines is 1. The molecule has 0 saturated heterocycles. The van der Waals surface area contributed by atoms with Gasteiger partial charge in [-0.2, -0.15) is 5.26 Å². The Labute approximate surface area is 114 Å². The van der Waals surface area contributed by atoms with Crippen molar-refractivity contribution in [2.45, 2.75) is 19.1 Å². The van der Waals surface area contributed by atoms with Crippen LogP contribution < -0.4 is 10.1 Å². The molecule has 0 radical (unpaired) electrons. The molecule has 104 valence electrons. The Bertz CT molecular complexity index is 574. The predicted molar refractivity (Wildman–Crippen MR) is 75.1 cm³/mol. The minimum absolute atomic E-state index is 0.0214. The van der Waals surface area contributed by atoms with Crippen molar-refractivity contribution in [2.24, 2.45) is 0 Å². The van der Waals surface area contributed by atoms with Gasteiger partial charge in [0.25, 0.3) is 0 Å². The Balaban J connectivity index is 2.82. The standard InChI is InChI=1S/C13H18N2O3S/c1-10(2)19(16,17)8-7-15-13-11(9-14)5-4-6-12(13)18-3/h4-6,10,15H,7-8H2,1-3H3. The molecule has 0 amide bonds. The Morgan fingerprint density at radius 1 is 1.42 bits per heavy atom. The van der Waals surface area contributed by atoms with E-state index in [0.717, 1.165) is 0 Å². The van der Waals surface area contributed by atoms with Gasteiger partial charge in [-0.15, -0.1) is 0 Å². The fraction of sp³-hybridized carbons (Fsp3) is 0.462. The van der Waals surface area contributed by atoms with Gasteiger partial charge in [0.2, 0.25) is 0 Å². The van der Waals surface area contributed by atoms with Gasteiger partial charge in [0.1, 0.15) is 11.8 Å². The van der Waals surface area contributed by atoms with Crippen LogP contribution >= 0.6 is 0 Å². The van der Waals surface area contributed by atoms with Crippen LogP contribution in [0.4, 0.5) is 5.69 Å². The first kappa shape index (κ1) is 15.3. The summed E-state index contributed by atoms with van der Waals surface area (Å²) in [5.41, 5.74) is 0.966. The number of nitrogens with zero attached hydrogens (tertiary/aromatic N) is 1. The van der Waals surface area contributed by atoms with Crippen molar-refractivity contribution in [2.75, 3.05) is 24.7 Å². The van der Waals surface area contributed by atoms with Gasteiger partial charge in [-0.05, 0) is 26.0 Å². The van der Waals surface area contributed by atoms with Crippen molar-refractivity contribution in [1.82, 2.24) is 0 Å². The van der Waals surface area contributed by atoms with Crippen LogP contribution in [-0.2, 0) is 9.84 Å². The maximum Gasteiger partial charge on any atom is 0.154 e. The van der Waals surface area contributed by atoms with Gasteiger partial charge in [-0.1, -0.05) is 6.07 Å². The highest BCUT2D eigenvalue weighted by atomic mass is 32.2. The summed E-state index contributed by atoms with van der Waals surface area (Å²) < 4.78 is 28.5. The van der Waals surface area contributed by atoms with E-state index in [9.17, 15) is 8.42 Å². The molecule has 0 heterocycles. The number of methoxy groups -OCH3 is 1. The fourth-order valence-electron chi connectivity index (χ4n) is 1.53. The van der Waals surface area contributed by atoms with Crippen LogP contribution in [0.1, 0.15) is 19.4 Å². The quantitative estimate of drug-likeness (QED) is 0.860. The Kier molecular flexibility index (Phi) is 5.19. The number of benzene rings is 1. The lowest BCUT2D eigenvalue weighted by atomic mass is 10.2. The van der Waals surface area contributed by atoms with Crippen molar-refractivity contribution in [3.8, 4) is 11.8 Å². The van der Waals surface area contributed by atoms with Gasteiger partial charge in [-0.3, -0.25) is 0 Å². The van der Waals surface area contributed by atoms with Crippen LogP contribution in [0.3, 0.4) is 0 Å². The fourth-order valence-corrected chi connectivity index (χ4v) is 2.39. The summed E-state index contributed by atoms with van der Waals surface area (Å²) >= 11 is 0. The normalized spacial score (nSPS) is 11.1. The summed E-state index contributed by atoms with van der Waals surface area (Å²) in [7, 11) is -1.59. The van der Waals surface area contributed by atoms with E-state index in [-0.39, 0.29) is 12.3 Å². The van der Waals surface area contributed by atoms with Crippen LogP contribution in [0.2, 0.25) is 0 Å². The Hall–Kier alpha value is -1.74. The molecule has 1 N–H and O–H groups in total. The van der Waals surface area contributed by atoms with E-state index in [2.05, 4.69) is 5.32 Å². The van der Waals surface area contributed by atoms with E-state index in [1.165, 1.54) is 7.11 Å². The molecular weight excluding hydrogens is 264 g/mol. The summed E-state index contributed by atoms with van der Waals surface area (Å²) in [4.78, 5) is 0. The van der Waals surface area contributed by atoms with E-state index in [0.29, 0.717) is 17.0 Å². The summed E-state index contributed by atoms with van der Waals surface area (Å²) in [5.74, 6) is 0.550. The van der Waals surface area contributed by atoms with Crippen LogP contribution in [0.25, 0.3) is 0 Å². The summed E-state index contributed by atoms with van der Waals surface area (Å²) in [5, 5.41) is 11.6. The van der Waals surface area contributed by atoms with E-state index in [1.54, 1.807) is 32.0 Å². The molecule has 1 aromatic rings. The number of rotatable bonds is 6. The van der Waals surface area contributed by atoms with E-state index < -0.39 is 15.1 Å². The van der Waals surface area contributed by atoms with E-state index >= 15 is 0 Å². The number of hydrogen-bond donors (Lipinski definition) is 1. The molecule has 0 atom stereocenters. The average Bonchev–Trinajstić information content (AvgIpc) is 2.38. The van der Waals surface area contributed by atoms with E-state index in [1.807, 2.05) is 6.07 Å². The van der Waals surface area contributed by atoms with Crippen LogP contribution in [-0.4, -0.2) is 33.1 Å². The molecule has 0 fully saturated rings. The second-order valence-corrected chi connectivity index (χ2v) is 7.01. The number of sulfone groups is 1. The molecule has 0 aliphatic rings. The molecule has 5 nitrogen and oxygen atoms in total. The number of ether oxygens (including phenoxy) is 1. The van der Waals surface area contributed by atoms with Gasteiger partial charge >= 0.3 is 0 Å². The first-order valence-electron chi connectivity index (χ1n) is 5.95. The average molecular weight is 282 g/mol. The van der Waals surface area contributed by atoms with Gasteiger partial charge < -0.3 is 10.1 Å². The van der Waals surface area contributed by atoms with Crippen molar-refractivity contribution in [3.63, 3.8) is 0 Å². The molecule has 0 spiro atoms. The first-order valence-corrected chi connectivity index (χ1v) is 7.66. The maximum atomic E-state index is 11.7. The number of nitriles is 1. The molecule has 6 heteroatoms. The van der Waals surface area contributed by atoms with Gasteiger partial charge in [0.15, 0.2) is 9.84 Å². The molecule has 0 unspecified atom stereocenters. The van der Waals surface area contributed by atoms with Crippen molar-refractivity contribution < 1.29 is 13.2 Å². The number of nitrogens with one attached hydrogen (secondary N) is 1. The van der Waals surface area contributed by atoms with Crippen molar-refractivity contribution in [3.05, 3.63) is 23.8 Å². The van der Waals surface area contributed by atoms with Crippen molar-refractivity contribution >= 4 is 15.5 Å². The highest BCUT2D eigenvalue weighted by Crippen LogP contribution is 2.27. The molecule has 0 aliphatic carbocycles. The molecule has 1 aromatic carbocycles. The Morgan fingerprint density at radius 2 is 2.11 bits per heavy atom. The summed E-state index contributed by atoms with van der Waals surface area (Å²) in [6.45, 7) is 3.55. The third kappa shape index (κ3) is 3.86. The first-order chi connectivity index (χ1) is 8.92. The van der Waals surface area contributed by atoms with Gasteiger partial charge in [0.05, 0.1) is 29.4 Å². The van der Waals surface area contributed by atoms with Gasteiger partial charge in [0, 0.05) is 6.54 Å². The molecular formula is C13H18N2O3S. The van der Waals surface area contributed by atoms with Crippen LogP contribution in [0.15, 0.2) is 18.2 Å². The lowest BCUT2D eigenvalue weighted by Crippen LogP contribution is -2.23.